The van der Waals surface area contributed by atoms with Crippen molar-refractivity contribution in [1.29, 1.82) is 0 Å². The highest BCUT2D eigenvalue weighted by atomic mass is 16.5. The van der Waals surface area contributed by atoms with Crippen LogP contribution in [0.3, 0.4) is 0 Å². The summed E-state index contributed by atoms with van der Waals surface area (Å²) >= 11 is 0. The van der Waals surface area contributed by atoms with Crippen molar-refractivity contribution < 1.29 is 9.32 Å². The van der Waals surface area contributed by atoms with Gasteiger partial charge in [0.25, 0.3) is 0 Å². The fraction of sp³-hybridized carbons (Fsp3) is 0.733. The molecule has 1 saturated heterocycles. The summed E-state index contributed by atoms with van der Waals surface area (Å²) in [5.41, 5.74) is 0. The minimum atomic E-state index is 0.140. The van der Waals surface area contributed by atoms with Gasteiger partial charge in [-0.2, -0.15) is 4.98 Å². The number of hydrogen-bond acceptors (Lipinski definition) is 5. The maximum atomic E-state index is 11.4. The lowest BCUT2D eigenvalue weighted by molar-refractivity contribution is -0.130. The molecular weight excluding hydrogens is 296 g/mol. The Labute approximate surface area is 136 Å². The van der Waals surface area contributed by atoms with Gasteiger partial charge in [-0.3, -0.25) is 9.79 Å². The van der Waals surface area contributed by atoms with E-state index >= 15 is 0 Å². The molecule has 8 nitrogen and oxygen atoms in total. The number of aromatic nitrogens is 2. The summed E-state index contributed by atoms with van der Waals surface area (Å²) in [4.78, 5) is 24.3. The monoisotopic (exact) mass is 322 g/mol. The summed E-state index contributed by atoms with van der Waals surface area (Å²) in [6, 6.07) is 0. The molecule has 0 unspecified atom stereocenters. The topological polar surface area (TPSA) is 86.9 Å². The third kappa shape index (κ3) is 5.22. The number of aliphatic imine (C=N–C) groups is 1. The smallest absolute Gasteiger partial charge is 0.226 e. The number of piperazine rings is 1. The van der Waals surface area contributed by atoms with Crippen molar-refractivity contribution in [1.82, 2.24) is 25.3 Å². The second-order valence-electron chi connectivity index (χ2n) is 5.57. The van der Waals surface area contributed by atoms with Gasteiger partial charge >= 0.3 is 0 Å². The zero-order chi connectivity index (χ0) is 16.7. The van der Waals surface area contributed by atoms with E-state index in [-0.39, 0.29) is 5.91 Å². The summed E-state index contributed by atoms with van der Waals surface area (Å²) in [7, 11) is 0. The van der Waals surface area contributed by atoms with Gasteiger partial charge in [0.1, 0.15) is 0 Å². The normalized spacial score (nSPS) is 15.9. The predicted octanol–water partition coefficient (Wildman–Crippen LogP) is 0.440. The highest BCUT2D eigenvalue weighted by Gasteiger charge is 2.20. The number of guanidine groups is 1. The molecule has 2 heterocycles. The minimum Gasteiger partial charge on any atom is -0.357 e. The maximum absolute atomic E-state index is 11.4. The average Bonchev–Trinajstić information content (AvgIpc) is 2.96. The lowest BCUT2D eigenvalue weighted by Crippen LogP contribution is -2.53. The first kappa shape index (κ1) is 17.2. The molecule has 128 valence electrons. The van der Waals surface area contributed by atoms with Crippen molar-refractivity contribution in [3.63, 3.8) is 0 Å². The molecule has 8 heteroatoms. The first-order valence-electron chi connectivity index (χ1n) is 8.18. The molecule has 1 amide bonds. The lowest BCUT2D eigenvalue weighted by atomic mass is 10.3. The molecule has 0 aliphatic carbocycles. The summed E-state index contributed by atoms with van der Waals surface area (Å²) in [5.74, 6) is 2.39. The minimum absolute atomic E-state index is 0.140. The first-order valence-corrected chi connectivity index (χ1v) is 8.18. The number of rotatable bonds is 5. The molecule has 1 fully saturated rings. The molecule has 0 saturated carbocycles. The van der Waals surface area contributed by atoms with Gasteiger partial charge in [0.2, 0.25) is 11.8 Å². The fourth-order valence-electron chi connectivity index (χ4n) is 2.52. The van der Waals surface area contributed by atoms with E-state index in [9.17, 15) is 4.79 Å². The average molecular weight is 322 g/mol. The van der Waals surface area contributed by atoms with Crippen LogP contribution in [-0.4, -0.2) is 71.1 Å². The lowest BCUT2D eigenvalue weighted by Gasteiger charge is -2.36. The second-order valence-corrected chi connectivity index (χ2v) is 5.57. The SMILES string of the molecule is CCNC(=NCCCc1nc(C)no1)N1CCN(C(C)=O)CC1. The number of aryl methyl sites for hydroxylation is 2. The number of amides is 1. The van der Waals surface area contributed by atoms with E-state index in [1.165, 1.54) is 0 Å². The molecule has 0 atom stereocenters. The molecule has 2 rings (SSSR count). The van der Waals surface area contributed by atoms with Crippen molar-refractivity contribution in [2.75, 3.05) is 39.3 Å². The number of carbonyl (C=O) groups excluding carboxylic acids is 1. The zero-order valence-electron chi connectivity index (χ0n) is 14.2. The van der Waals surface area contributed by atoms with Gasteiger partial charge in [-0.15, -0.1) is 0 Å². The van der Waals surface area contributed by atoms with Gasteiger partial charge in [0.05, 0.1) is 0 Å². The molecule has 1 N–H and O–H groups in total. The van der Waals surface area contributed by atoms with Gasteiger partial charge in [0, 0.05) is 52.6 Å². The van der Waals surface area contributed by atoms with E-state index in [0.717, 1.165) is 51.5 Å². The Bertz CT molecular complexity index is 534. The predicted molar refractivity (Wildman–Crippen MR) is 87.2 cm³/mol. The van der Waals surface area contributed by atoms with Crippen LogP contribution in [0.15, 0.2) is 9.52 Å². The van der Waals surface area contributed by atoms with Crippen LogP contribution in [0, 0.1) is 6.92 Å². The van der Waals surface area contributed by atoms with Crippen LogP contribution in [0.4, 0.5) is 0 Å². The summed E-state index contributed by atoms with van der Waals surface area (Å²) in [6.07, 6.45) is 1.60. The van der Waals surface area contributed by atoms with E-state index in [1.807, 2.05) is 11.8 Å². The summed E-state index contributed by atoms with van der Waals surface area (Å²) < 4.78 is 5.10. The molecule has 1 aromatic heterocycles. The van der Waals surface area contributed by atoms with Crippen molar-refractivity contribution >= 4 is 11.9 Å². The molecular formula is C15H26N6O2. The molecule has 0 spiro atoms. The van der Waals surface area contributed by atoms with Crippen molar-refractivity contribution in [3.8, 4) is 0 Å². The third-order valence-electron chi connectivity index (χ3n) is 3.74. The second kappa shape index (κ2) is 8.50. The van der Waals surface area contributed by atoms with Gasteiger partial charge in [-0.25, -0.2) is 0 Å². The van der Waals surface area contributed by atoms with Gasteiger partial charge < -0.3 is 19.6 Å². The molecule has 0 radical (unpaired) electrons. The van der Waals surface area contributed by atoms with Crippen LogP contribution in [0.2, 0.25) is 0 Å². The Morgan fingerprint density at radius 3 is 2.57 bits per heavy atom. The van der Waals surface area contributed by atoms with Crippen molar-refractivity contribution in [2.45, 2.75) is 33.6 Å². The van der Waals surface area contributed by atoms with Gasteiger partial charge in [-0.1, -0.05) is 5.16 Å². The Hall–Kier alpha value is -2.12. The highest BCUT2D eigenvalue weighted by molar-refractivity contribution is 5.80. The number of hydrogen-bond donors (Lipinski definition) is 1. The van der Waals surface area contributed by atoms with E-state index < -0.39 is 0 Å². The van der Waals surface area contributed by atoms with E-state index in [2.05, 4.69) is 32.3 Å². The largest absolute Gasteiger partial charge is 0.357 e. The molecule has 0 bridgehead atoms. The van der Waals surface area contributed by atoms with Crippen LogP contribution in [-0.2, 0) is 11.2 Å². The molecule has 1 aliphatic heterocycles. The zero-order valence-corrected chi connectivity index (χ0v) is 14.2. The van der Waals surface area contributed by atoms with Crippen LogP contribution in [0.1, 0.15) is 32.0 Å². The molecule has 1 aromatic rings. The van der Waals surface area contributed by atoms with E-state index in [1.54, 1.807) is 6.92 Å². The van der Waals surface area contributed by atoms with Gasteiger partial charge in [-0.05, 0) is 20.3 Å². The van der Waals surface area contributed by atoms with Crippen LogP contribution in [0.25, 0.3) is 0 Å². The van der Waals surface area contributed by atoms with Crippen LogP contribution in [0.5, 0.6) is 0 Å². The highest BCUT2D eigenvalue weighted by Crippen LogP contribution is 2.04. The Morgan fingerprint density at radius 1 is 1.30 bits per heavy atom. The van der Waals surface area contributed by atoms with E-state index in [4.69, 9.17) is 4.52 Å². The Kier molecular flexibility index (Phi) is 6.37. The first-order chi connectivity index (χ1) is 11.1. The van der Waals surface area contributed by atoms with E-state index in [0.29, 0.717) is 18.3 Å². The summed E-state index contributed by atoms with van der Waals surface area (Å²) in [5, 5.41) is 7.10. The van der Waals surface area contributed by atoms with Crippen molar-refractivity contribution in [3.05, 3.63) is 11.7 Å². The van der Waals surface area contributed by atoms with Gasteiger partial charge in [0.15, 0.2) is 11.8 Å². The quantitative estimate of drug-likeness (QED) is 0.481. The Balaban J connectivity index is 1.81. The fourth-order valence-corrected chi connectivity index (χ4v) is 2.52. The Morgan fingerprint density at radius 2 is 2.00 bits per heavy atom. The van der Waals surface area contributed by atoms with Crippen molar-refractivity contribution in [2.24, 2.45) is 4.99 Å². The molecule has 23 heavy (non-hydrogen) atoms. The standard InChI is InChI=1S/C15H26N6O2/c1-4-16-15(21-10-8-20(9-11-21)13(3)22)17-7-5-6-14-18-12(2)19-23-14/h4-11H2,1-3H3,(H,16,17). The maximum Gasteiger partial charge on any atom is 0.226 e. The number of carbonyl (C=O) groups is 1. The van der Waals surface area contributed by atoms with Crippen LogP contribution < -0.4 is 5.32 Å². The third-order valence-corrected chi connectivity index (χ3v) is 3.74. The van der Waals surface area contributed by atoms with Crippen LogP contribution >= 0.6 is 0 Å². The molecule has 1 aliphatic rings. The summed E-state index contributed by atoms with van der Waals surface area (Å²) in [6.45, 7) is 10.2. The molecule has 0 aromatic carbocycles. The number of nitrogens with zero attached hydrogens (tertiary/aromatic N) is 5. The number of nitrogens with one attached hydrogen (secondary N) is 1.